The molecular formula is C30H46O6. The summed E-state index contributed by atoms with van der Waals surface area (Å²) in [6.07, 6.45) is 8.47. The second-order valence-corrected chi connectivity index (χ2v) is 15.2. The topological polar surface area (TPSA) is 107 Å². The molecule has 2 heterocycles. The first kappa shape index (κ1) is 25.3. The highest BCUT2D eigenvalue weighted by atomic mass is 16.6. The van der Waals surface area contributed by atoms with Crippen molar-refractivity contribution in [2.24, 2.45) is 50.2 Å². The van der Waals surface area contributed by atoms with E-state index < -0.39 is 28.7 Å². The number of hydrogen-bond donors (Lipinski definition) is 4. The molecule has 0 aromatic carbocycles. The average Bonchev–Trinajstić information content (AvgIpc) is 2.80. The van der Waals surface area contributed by atoms with E-state index in [-0.39, 0.29) is 40.1 Å². The van der Waals surface area contributed by atoms with Crippen LogP contribution in [0.5, 0.6) is 0 Å². The van der Waals surface area contributed by atoms with Gasteiger partial charge in [-0.1, -0.05) is 46.3 Å². The molecule has 6 fully saturated rings. The fraction of sp³-hybridized carbons (Fsp3) is 0.900. The fourth-order valence-electron chi connectivity index (χ4n) is 11.3. The highest BCUT2D eigenvalue weighted by Crippen LogP contribution is 2.77. The number of carboxylic acids is 1. The molecule has 2 aliphatic heterocycles. The Morgan fingerprint density at radius 2 is 1.75 bits per heavy atom. The van der Waals surface area contributed by atoms with E-state index >= 15 is 0 Å². The number of fused-ring (bicyclic) bond motifs is 7. The number of ether oxygens (including phenoxy) is 1. The summed E-state index contributed by atoms with van der Waals surface area (Å²) in [6.45, 7) is 11.7. The third-order valence-corrected chi connectivity index (χ3v) is 13.6. The third-order valence-electron chi connectivity index (χ3n) is 13.6. The molecule has 1 spiro atoms. The van der Waals surface area contributed by atoms with E-state index in [1.54, 1.807) is 0 Å². The number of aliphatic carboxylic acids is 1. The zero-order chi connectivity index (χ0) is 26.2. The van der Waals surface area contributed by atoms with Crippen LogP contribution in [0.25, 0.3) is 0 Å². The second kappa shape index (κ2) is 7.16. The fourth-order valence-corrected chi connectivity index (χ4v) is 11.3. The van der Waals surface area contributed by atoms with Crippen LogP contribution in [0.15, 0.2) is 11.6 Å². The van der Waals surface area contributed by atoms with Crippen LogP contribution in [0, 0.1) is 50.2 Å². The van der Waals surface area contributed by atoms with Crippen LogP contribution in [0.3, 0.4) is 0 Å². The number of hydrogen-bond acceptors (Lipinski definition) is 5. The van der Waals surface area contributed by atoms with Crippen molar-refractivity contribution in [1.82, 2.24) is 0 Å². The van der Waals surface area contributed by atoms with Crippen molar-refractivity contribution in [1.29, 1.82) is 0 Å². The van der Waals surface area contributed by atoms with Gasteiger partial charge in [-0.3, -0.25) is 4.79 Å². The Morgan fingerprint density at radius 1 is 1.03 bits per heavy atom. The van der Waals surface area contributed by atoms with Gasteiger partial charge in [0.1, 0.15) is 5.41 Å². The molecule has 0 aromatic rings. The van der Waals surface area contributed by atoms with Crippen LogP contribution < -0.4 is 0 Å². The maximum atomic E-state index is 12.8. The molecule has 7 aliphatic rings. The number of carbonyl (C=O) groups is 1. The molecule has 2 bridgehead atoms. The average molecular weight is 503 g/mol. The van der Waals surface area contributed by atoms with Crippen molar-refractivity contribution in [2.45, 2.75) is 104 Å². The van der Waals surface area contributed by atoms with Gasteiger partial charge in [-0.05, 0) is 85.4 Å². The highest BCUT2D eigenvalue weighted by Gasteiger charge is 2.75. The third kappa shape index (κ3) is 2.61. The van der Waals surface area contributed by atoms with E-state index in [1.165, 1.54) is 5.57 Å². The first-order valence-corrected chi connectivity index (χ1v) is 14.3. The first-order chi connectivity index (χ1) is 16.7. The quantitative estimate of drug-likeness (QED) is 0.414. The van der Waals surface area contributed by atoms with Gasteiger partial charge in [0, 0.05) is 17.3 Å². The molecule has 0 amide bonds. The lowest BCUT2D eigenvalue weighted by Crippen LogP contribution is -2.74. The number of rotatable bonds is 2. The summed E-state index contributed by atoms with van der Waals surface area (Å²) in [5, 5.41) is 43.7. The van der Waals surface area contributed by atoms with E-state index in [2.05, 4.69) is 33.8 Å². The van der Waals surface area contributed by atoms with Crippen LogP contribution in [0.4, 0.5) is 0 Å². The minimum atomic E-state index is -1.25. The predicted octanol–water partition coefficient (Wildman–Crippen LogP) is 4.51. The van der Waals surface area contributed by atoms with E-state index in [1.807, 2.05) is 6.92 Å². The maximum absolute atomic E-state index is 12.8. The molecule has 6 nitrogen and oxygen atoms in total. The lowest BCUT2D eigenvalue weighted by molar-refractivity contribution is -0.404. The number of carboxylic acid groups (broad SMARTS) is 1. The van der Waals surface area contributed by atoms with E-state index in [4.69, 9.17) is 4.74 Å². The Balaban J connectivity index is 1.47. The van der Waals surface area contributed by atoms with Crippen LogP contribution in [-0.4, -0.2) is 51.5 Å². The zero-order valence-corrected chi connectivity index (χ0v) is 22.8. The minimum Gasteiger partial charge on any atom is -0.481 e. The molecule has 0 unspecified atom stereocenters. The van der Waals surface area contributed by atoms with Crippen molar-refractivity contribution in [3.05, 3.63) is 11.6 Å². The van der Waals surface area contributed by atoms with E-state index in [0.717, 1.165) is 38.5 Å². The Hall–Kier alpha value is -0.950. The predicted molar refractivity (Wildman–Crippen MR) is 135 cm³/mol. The van der Waals surface area contributed by atoms with E-state index in [0.29, 0.717) is 31.8 Å². The summed E-state index contributed by atoms with van der Waals surface area (Å²) in [4.78, 5) is 12.8. The molecule has 10 atom stereocenters. The Bertz CT molecular complexity index is 1010. The lowest BCUT2D eigenvalue weighted by atomic mass is 9.32. The van der Waals surface area contributed by atoms with E-state index in [9.17, 15) is 25.2 Å². The number of aliphatic hydroxyl groups excluding tert-OH is 2. The van der Waals surface area contributed by atoms with Crippen LogP contribution >= 0.6 is 0 Å². The van der Waals surface area contributed by atoms with Crippen LogP contribution in [0.1, 0.15) is 92.4 Å². The standard InChI is InChI=1S/C30H46O6/c1-24(2)14-19-18-6-7-20-26(4,25(18,3)10-12-29(19,23(33)34)22(32)15-24)9-8-21-27(5,16-31)30(35)13-11-28(20,21)17-36-30/h6,19-22,31-32,35H,7-17H2,1-5H3,(H,33,34)/t19-,20-,21-,22+,25+,26+,27-,28-,29-,30-/m0/s1. The summed E-state index contributed by atoms with van der Waals surface area (Å²) in [5.41, 5.74) is -0.852. The van der Waals surface area contributed by atoms with Gasteiger partial charge in [-0.15, -0.1) is 0 Å². The van der Waals surface area contributed by atoms with Gasteiger partial charge in [-0.2, -0.15) is 0 Å². The summed E-state index contributed by atoms with van der Waals surface area (Å²) in [6, 6.07) is 0. The molecule has 0 aromatic heterocycles. The van der Waals surface area contributed by atoms with Crippen LogP contribution in [0.2, 0.25) is 0 Å². The lowest BCUT2D eigenvalue weighted by Gasteiger charge is -2.75. The highest BCUT2D eigenvalue weighted by molar-refractivity contribution is 5.77. The summed E-state index contributed by atoms with van der Waals surface area (Å²) < 4.78 is 6.23. The molecule has 4 saturated carbocycles. The molecule has 202 valence electrons. The summed E-state index contributed by atoms with van der Waals surface area (Å²) in [7, 11) is 0. The van der Waals surface area contributed by atoms with Gasteiger partial charge in [0.15, 0.2) is 5.79 Å². The van der Waals surface area contributed by atoms with Gasteiger partial charge in [-0.25, -0.2) is 0 Å². The van der Waals surface area contributed by atoms with Gasteiger partial charge < -0.3 is 25.2 Å². The molecular weight excluding hydrogens is 456 g/mol. The van der Waals surface area contributed by atoms with Crippen LogP contribution in [-0.2, 0) is 9.53 Å². The molecule has 36 heavy (non-hydrogen) atoms. The van der Waals surface area contributed by atoms with Crippen molar-refractivity contribution in [3.8, 4) is 0 Å². The molecule has 4 N–H and O–H groups in total. The van der Waals surface area contributed by atoms with Gasteiger partial charge in [0.05, 0.1) is 19.3 Å². The molecule has 0 radical (unpaired) electrons. The largest absolute Gasteiger partial charge is 0.481 e. The van der Waals surface area contributed by atoms with Crippen molar-refractivity contribution in [3.63, 3.8) is 0 Å². The maximum Gasteiger partial charge on any atom is 0.312 e. The Labute approximate surface area is 215 Å². The van der Waals surface area contributed by atoms with Gasteiger partial charge >= 0.3 is 5.97 Å². The van der Waals surface area contributed by atoms with Gasteiger partial charge in [0.25, 0.3) is 0 Å². The summed E-state index contributed by atoms with van der Waals surface area (Å²) in [5.74, 6) is -1.68. The minimum absolute atomic E-state index is 0.0304. The molecule has 6 heteroatoms. The summed E-state index contributed by atoms with van der Waals surface area (Å²) >= 11 is 0. The molecule has 5 aliphatic carbocycles. The SMILES string of the molecule is CC1(C)C[C@@H](O)[C@]2(C(=O)O)CC[C@]3(C)C(=CC[C@@H]4[C@]56CC[C@](O)(OC5)[C@@](C)(CO)[C@@H]6CC[C@]43C)[C@@H]2C1. The zero-order valence-electron chi connectivity index (χ0n) is 22.8. The normalized spacial score (nSPS) is 57.1. The van der Waals surface area contributed by atoms with Gasteiger partial charge in [0.2, 0.25) is 0 Å². The molecule has 2 saturated heterocycles. The Morgan fingerprint density at radius 3 is 2.36 bits per heavy atom. The Kier molecular flexibility index (Phi) is 5.04. The monoisotopic (exact) mass is 502 g/mol. The first-order valence-electron chi connectivity index (χ1n) is 14.3. The number of allylic oxidation sites excluding steroid dienone is 2. The molecule has 7 rings (SSSR count). The smallest absolute Gasteiger partial charge is 0.312 e. The number of aliphatic hydroxyl groups is 3. The van der Waals surface area contributed by atoms with Crippen molar-refractivity contribution in [2.75, 3.05) is 13.2 Å². The van der Waals surface area contributed by atoms with Crippen molar-refractivity contribution < 1.29 is 30.0 Å². The van der Waals surface area contributed by atoms with Crippen molar-refractivity contribution >= 4 is 5.97 Å². The second-order valence-electron chi connectivity index (χ2n) is 15.2.